The molecule has 0 aliphatic carbocycles. The van der Waals surface area contributed by atoms with Crippen LogP contribution in [0.2, 0.25) is 0 Å². The Morgan fingerprint density at radius 1 is 1.36 bits per heavy atom. The smallest absolute Gasteiger partial charge is 0.273 e. The van der Waals surface area contributed by atoms with Crippen molar-refractivity contribution in [3.63, 3.8) is 0 Å². The van der Waals surface area contributed by atoms with Crippen LogP contribution in [0.3, 0.4) is 0 Å². The van der Waals surface area contributed by atoms with Crippen molar-refractivity contribution < 1.29 is 14.0 Å². The summed E-state index contributed by atoms with van der Waals surface area (Å²) in [6.07, 6.45) is 1.24. The van der Waals surface area contributed by atoms with E-state index in [0.29, 0.717) is 42.4 Å². The fraction of sp³-hybridized carbons (Fsp3) is 0.400. The van der Waals surface area contributed by atoms with E-state index in [4.69, 9.17) is 10.2 Å². The molecule has 1 fully saturated rings. The third-order valence-electron chi connectivity index (χ3n) is 3.86. The Morgan fingerprint density at radius 3 is 2.68 bits per heavy atom. The molecular weight excluding hydrogens is 302 g/mol. The quantitative estimate of drug-likeness (QED) is 0.937. The van der Waals surface area contributed by atoms with Crippen LogP contribution < -0.4 is 5.73 Å². The first kappa shape index (κ1) is 14.8. The molecule has 0 radical (unpaired) electrons. The number of aryl methyl sites for hydroxylation is 1. The molecule has 3 heterocycles. The Bertz CT molecular complexity index is 698. The molecule has 6 nitrogen and oxygen atoms in total. The third-order valence-corrected chi connectivity index (χ3v) is 4.72. The van der Waals surface area contributed by atoms with Crippen LogP contribution in [-0.4, -0.2) is 34.8 Å². The summed E-state index contributed by atoms with van der Waals surface area (Å²) in [6, 6.07) is 3.72. The summed E-state index contributed by atoms with van der Waals surface area (Å²) in [7, 11) is 0. The normalized spacial score (nSPS) is 16.0. The zero-order valence-electron chi connectivity index (χ0n) is 12.2. The summed E-state index contributed by atoms with van der Waals surface area (Å²) in [5.41, 5.74) is 5.73. The number of hydrogen-bond acceptors (Lipinski definition) is 5. The molecule has 0 aromatic carbocycles. The van der Waals surface area contributed by atoms with Crippen LogP contribution in [0.15, 0.2) is 21.9 Å². The summed E-state index contributed by atoms with van der Waals surface area (Å²) in [4.78, 5) is 29.7. The second-order valence-corrected chi connectivity index (χ2v) is 6.28. The number of nitrogens with zero attached hydrogens (tertiary/aromatic N) is 2. The largest absolute Gasteiger partial charge is 0.459 e. The van der Waals surface area contributed by atoms with E-state index in [1.54, 1.807) is 10.3 Å². The molecule has 2 aromatic heterocycles. The highest BCUT2D eigenvalue weighted by atomic mass is 32.1. The molecule has 0 bridgehead atoms. The van der Waals surface area contributed by atoms with Gasteiger partial charge in [-0.15, -0.1) is 11.3 Å². The van der Waals surface area contributed by atoms with Crippen molar-refractivity contribution in [2.24, 2.45) is 11.7 Å². The van der Waals surface area contributed by atoms with E-state index >= 15 is 0 Å². The molecule has 0 saturated carbocycles. The van der Waals surface area contributed by atoms with Gasteiger partial charge in [0.1, 0.15) is 11.5 Å². The van der Waals surface area contributed by atoms with Crippen LogP contribution in [0.25, 0.3) is 10.8 Å². The number of carbonyl (C=O) groups excluding carboxylic acids is 2. The van der Waals surface area contributed by atoms with Gasteiger partial charge in [-0.05, 0) is 31.9 Å². The second kappa shape index (κ2) is 5.92. The van der Waals surface area contributed by atoms with Crippen LogP contribution in [0.5, 0.6) is 0 Å². The number of primary amides is 1. The van der Waals surface area contributed by atoms with Crippen LogP contribution in [0, 0.1) is 12.8 Å². The lowest BCUT2D eigenvalue weighted by molar-refractivity contribution is -0.123. The van der Waals surface area contributed by atoms with Crippen molar-refractivity contribution in [3.05, 3.63) is 29.0 Å². The van der Waals surface area contributed by atoms with Crippen molar-refractivity contribution in [2.75, 3.05) is 13.1 Å². The molecule has 7 heteroatoms. The van der Waals surface area contributed by atoms with E-state index in [9.17, 15) is 9.59 Å². The molecule has 1 aliphatic rings. The molecule has 1 aliphatic heterocycles. The number of likely N-dealkylation sites (tertiary alicyclic amines) is 1. The molecule has 22 heavy (non-hydrogen) atoms. The minimum absolute atomic E-state index is 0.103. The average Bonchev–Trinajstić information content (AvgIpc) is 3.15. The lowest BCUT2D eigenvalue weighted by atomic mass is 9.96. The highest BCUT2D eigenvalue weighted by Gasteiger charge is 2.27. The predicted octanol–water partition coefficient (Wildman–Crippen LogP) is 2.05. The predicted molar refractivity (Wildman–Crippen MR) is 82.4 cm³/mol. The molecule has 0 unspecified atom stereocenters. The fourth-order valence-corrected chi connectivity index (χ4v) is 3.32. The Labute approximate surface area is 131 Å². The summed E-state index contributed by atoms with van der Waals surface area (Å²) < 4.78 is 5.52. The van der Waals surface area contributed by atoms with Gasteiger partial charge in [0.05, 0.1) is 0 Å². The number of furan rings is 1. The van der Waals surface area contributed by atoms with E-state index in [0.717, 1.165) is 5.76 Å². The van der Waals surface area contributed by atoms with Gasteiger partial charge >= 0.3 is 0 Å². The Hall–Kier alpha value is -2.15. The van der Waals surface area contributed by atoms with Gasteiger partial charge in [0.15, 0.2) is 10.8 Å². The molecule has 3 rings (SSSR count). The van der Waals surface area contributed by atoms with Crippen LogP contribution in [0.1, 0.15) is 29.1 Å². The summed E-state index contributed by atoms with van der Waals surface area (Å²) in [5.74, 6) is 0.978. The lowest BCUT2D eigenvalue weighted by Crippen LogP contribution is -2.41. The van der Waals surface area contributed by atoms with Gasteiger partial charge in [0.25, 0.3) is 5.91 Å². The van der Waals surface area contributed by atoms with Crippen molar-refractivity contribution in [3.8, 4) is 10.8 Å². The first-order valence-corrected chi connectivity index (χ1v) is 8.03. The number of amides is 2. The van der Waals surface area contributed by atoms with Gasteiger partial charge in [0.2, 0.25) is 5.91 Å². The van der Waals surface area contributed by atoms with Gasteiger partial charge in [0, 0.05) is 24.4 Å². The minimum atomic E-state index is -0.281. The molecule has 116 valence electrons. The highest BCUT2D eigenvalue weighted by molar-refractivity contribution is 7.13. The molecule has 0 atom stereocenters. The van der Waals surface area contributed by atoms with Crippen molar-refractivity contribution in [1.82, 2.24) is 9.88 Å². The summed E-state index contributed by atoms with van der Waals surface area (Å²) in [5, 5.41) is 2.44. The number of piperidine rings is 1. The van der Waals surface area contributed by atoms with Gasteiger partial charge in [-0.3, -0.25) is 9.59 Å². The number of rotatable bonds is 3. The van der Waals surface area contributed by atoms with Crippen molar-refractivity contribution in [2.45, 2.75) is 19.8 Å². The molecular formula is C15H17N3O3S. The molecule has 1 saturated heterocycles. The summed E-state index contributed by atoms with van der Waals surface area (Å²) >= 11 is 1.39. The third kappa shape index (κ3) is 2.89. The number of thiazole rings is 1. The monoisotopic (exact) mass is 319 g/mol. The van der Waals surface area contributed by atoms with Crippen LogP contribution in [0.4, 0.5) is 0 Å². The van der Waals surface area contributed by atoms with Gasteiger partial charge in [-0.25, -0.2) is 4.98 Å². The number of nitrogens with two attached hydrogens (primary N) is 1. The first-order chi connectivity index (χ1) is 10.5. The topological polar surface area (TPSA) is 89.4 Å². The summed E-state index contributed by atoms with van der Waals surface area (Å²) in [6.45, 7) is 2.95. The Morgan fingerprint density at radius 2 is 2.09 bits per heavy atom. The maximum Gasteiger partial charge on any atom is 0.273 e. The zero-order chi connectivity index (χ0) is 15.7. The van der Waals surface area contributed by atoms with E-state index in [1.165, 1.54) is 11.3 Å². The SMILES string of the molecule is Cc1ccc(-c2nc(C(=O)N3CCC(C(N)=O)CC3)cs2)o1. The van der Waals surface area contributed by atoms with Gasteiger partial charge < -0.3 is 15.1 Å². The van der Waals surface area contributed by atoms with Crippen molar-refractivity contribution >= 4 is 23.2 Å². The number of carbonyl (C=O) groups is 2. The fourth-order valence-electron chi connectivity index (χ4n) is 2.56. The van der Waals surface area contributed by atoms with Crippen LogP contribution in [-0.2, 0) is 4.79 Å². The lowest BCUT2D eigenvalue weighted by Gasteiger charge is -2.30. The second-order valence-electron chi connectivity index (χ2n) is 5.42. The molecule has 2 aromatic rings. The number of aromatic nitrogens is 1. The standard InChI is InChI=1S/C15H17N3O3S/c1-9-2-3-12(21-9)14-17-11(8-22-14)15(20)18-6-4-10(5-7-18)13(16)19/h2-3,8,10H,4-7H2,1H3,(H2,16,19). The van der Waals surface area contributed by atoms with Gasteiger partial charge in [-0.1, -0.05) is 0 Å². The van der Waals surface area contributed by atoms with Crippen molar-refractivity contribution in [1.29, 1.82) is 0 Å². The number of hydrogen-bond donors (Lipinski definition) is 1. The van der Waals surface area contributed by atoms with Gasteiger partial charge in [-0.2, -0.15) is 0 Å². The molecule has 2 amide bonds. The Balaban J connectivity index is 1.69. The average molecular weight is 319 g/mol. The van der Waals surface area contributed by atoms with Crippen LogP contribution >= 0.6 is 11.3 Å². The van der Waals surface area contributed by atoms with E-state index in [1.807, 2.05) is 19.1 Å². The highest BCUT2D eigenvalue weighted by Crippen LogP contribution is 2.26. The minimum Gasteiger partial charge on any atom is -0.459 e. The Kier molecular flexibility index (Phi) is 3.98. The van der Waals surface area contributed by atoms with E-state index < -0.39 is 0 Å². The molecule has 2 N–H and O–H groups in total. The zero-order valence-corrected chi connectivity index (χ0v) is 13.1. The maximum atomic E-state index is 12.4. The van der Waals surface area contributed by atoms with E-state index in [-0.39, 0.29) is 17.7 Å². The molecule has 0 spiro atoms. The van der Waals surface area contributed by atoms with E-state index in [2.05, 4.69) is 4.98 Å². The first-order valence-electron chi connectivity index (χ1n) is 7.15. The maximum absolute atomic E-state index is 12.4.